The van der Waals surface area contributed by atoms with E-state index in [1.54, 1.807) is 6.07 Å². The lowest BCUT2D eigenvalue weighted by Gasteiger charge is -2.28. The van der Waals surface area contributed by atoms with Crippen molar-refractivity contribution in [1.29, 1.82) is 0 Å². The summed E-state index contributed by atoms with van der Waals surface area (Å²) in [6.45, 7) is 5.88. The van der Waals surface area contributed by atoms with Gasteiger partial charge in [-0.15, -0.1) is 0 Å². The Hall–Kier alpha value is -2.66. The average molecular weight is 520 g/mol. The largest absolute Gasteiger partial charge is 0.454 e. The minimum Gasteiger partial charge on any atom is -0.454 e. The van der Waals surface area contributed by atoms with Crippen LogP contribution in [0.5, 0.6) is 11.5 Å². The number of carbonyl (C=O) groups excluding carboxylic acids is 1. The topological polar surface area (TPSA) is 140 Å². The van der Waals surface area contributed by atoms with Gasteiger partial charge in [0, 0.05) is 25.2 Å². The molecule has 1 aliphatic heterocycles. The molecule has 198 valence electrons. The van der Waals surface area contributed by atoms with Crippen molar-refractivity contribution >= 4 is 15.7 Å². The summed E-state index contributed by atoms with van der Waals surface area (Å²) in [5, 5.41) is 17.2. The number of carbonyl (C=O) groups is 1. The van der Waals surface area contributed by atoms with Crippen LogP contribution in [-0.4, -0.2) is 56.7 Å². The van der Waals surface area contributed by atoms with Crippen LogP contribution < -0.4 is 25.8 Å². The Labute approximate surface area is 213 Å². The number of rotatable bonds is 13. The van der Waals surface area contributed by atoms with Gasteiger partial charge in [0.1, 0.15) is 0 Å². The van der Waals surface area contributed by atoms with Gasteiger partial charge >= 0.3 is 0 Å². The molecule has 3 rings (SSSR count). The summed E-state index contributed by atoms with van der Waals surface area (Å²) in [6, 6.07) is 13.5. The molecule has 0 bridgehead atoms. The normalized spacial score (nSPS) is 16.4. The lowest BCUT2D eigenvalue weighted by Crippen LogP contribution is -2.45. The van der Waals surface area contributed by atoms with Crippen LogP contribution in [0.15, 0.2) is 53.4 Å². The number of hydrogen-bond donors (Lipinski definition) is 4. The third kappa shape index (κ3) is 7.67. The molecule has 5 N–H and O–H groups in total. The van der Waals surface area contributed by atoms with E-state index in [-0.39, 0.29) is 36.1 Å². The molecule has 9 nitrogen and oxygen atoms in total. The second kappa shape index (κ2) is 12.1. The minimum absolute atomic E-state index is 0.0511. The Balaban J connectivity index is 1.59. The molecule has 1 amide bonds. The molecule has 0 saturated carbocycles. The maximum Gasteiger partial charge on any atom is 0.237 e. The summed E-state index contributed by atoms with van der Waals surface area (Å²) in [5.41, 5.74) is 5.38. The van der Waals surface area contributed by atoms with Crippen LogP contribution in [-0.2, 0) is 14.6 Å². The van der Waals surface area contributed by atoms with Crippen molar-refractivity contribution in [3.8, 4) is 11.5 Å². The molecule has 0 aromatic heterocycles. The number of fused-ring (bicyclic) bond motifs is 1. The summed E-state index contributed by atoms with van der Waals surface area (Å²) < 4.78 is 36.5. The molecule has 1 heterocycles. The van der Waals surface area contributed by atoms with Crippen molar-refractivity contribution in [1.82, 2.24) is 10.6 Å². The first kappa shape index (κ1) is 27.9. The van der Waals surface area contributed by atoms with Gasteiger partial charge < -0.3 is 30.9 Å². The zero-order valence-electron chi connectivity index (χ0n) is 21.1. The fourth-order valence-electron chi connectivity index (χ4n) is 3.97. The van der Waals surface area contributed by atoms with E-state index in [0.717, 1.165) is 5.56 Å². The standard InChI is InChI=1S/C26H37N3O6S/c1-18(2)24(27)25(30)28-13-7-10-21(19-8-5-4-6-9-19)29-15-26(3,31)16-36(32,33)20-11-12-22-23(14-20)35-17-34-22/h4-6,8-9,11-12,14,18,21,24,29,31H,7,10,13,15-17,27H2,1-3H3,(H,28,30)/t21-,24-,26+/m0/s1. The zero-order chi connectivity index (χ0) is 26.3. The zero-order valence-corrected chi connectivity index (χ0v) is 21.9. The molecule has 2 aromatic carbocycles. The van der Waals surface area contributed by atoms with Gasteiger partial charge in [0.25, 0.3) is 0 Å². The average Bonchev–Trinajstić information content (AvgIpc) is 3.31. The number of sulfone groups is 1. The first-order valence-corrected chi connectivity index (χ1v) is 13.8. The number of nitrogens with one attached hydrogen (secondary N) is 2. The molecule has 0 saturated heterocycles. The quantitative estimate of drug-likeness (QED) is 0.295. The highest BCUT2D eigenvalue weighted by atomic mass is 32.2. The number of amides is 1. The van der Waals surface area contributed by atoms with Gasteiger partial charge in [-0.05, 0) is 43.4 Å². The van der Waals surface area contributed by atoms with Gasteiger partial charge in [-0.3, -0.25) is 4.79 Å². The maximum atomic E-state index is 13.0. The number of nitrogens with two attached hydrogens (primary N) is 1. The van der Waals surface area contributed by atoms with Crippen LogP contribution in [0.4, 0.5) is 0 Å². The van der Waals surface area contributed by atoms with Gasteiger partial charge in [0.05, 0.1) is 22.3 Å². The summed E-state index contributed by atoms with van der Waals surface area (Å²) in [5.74, 6) is 0.290. The van der Waals surface area contributed by atoms with Gasteiger partial charge in [-0.25, -0.2) is 8.42 Å². The molecule has 1 aliphatic rings. The molecule has 0 spiro atoms. The van der Waals surface area contributed by atoms with Crippen molar-refractivity contribution in [2.75, 3.05) is 25.6 Å². The third-order valence-corrected chi connectivity index (χ3v) is 8.10. The van der Waals surface area contributed by atoms with Crippen molar-refractivity contribution in [2.24, 2.45) is 11.7 Å². The Bertz CT molecular complexity index is 1120. The van der Waals surface area contributed by atoms with Crippen LogP contribution >= 0.6 is 0 Å². The van der Waals surface area contributed by atoms with Crippen LogP contribution in [0.25, 0.3) is 0 Å². The Morgan fingerprint density at radius 2 is 1.83 bits per heavy atom. The first-order chi connectivity index (χ1) is 17.0. The summed E-state index contributed by atoms with van der Waals surface area (Å²) in [7, 11) is -3.78. The van der Waals surface area contributed by atoms with Crippen molar-refractivity contribution < 1.29 is 27.8 Å². The molecule has 0 aliphatic carbocycles. The number of hydrogen-bond acceptors (Lipinski definition) is 8. The van der Waals surface area contributed by atoms with E-state index < -0.39 is 27.2 Å². The molecular weight excluding hydrogens is 482 g/mol. The Morgan fingerprint density at radius 3 is 2.53 bits per heavy atom. The second-order valence-corrected chi connectivity index (χ2v) is 11.8. The van der Waals surface area contributed by atoms with E-state index in [0.29, 0.717) is 30.9 Å². The van der Waals surface area contributed by atoms with Gasteiger partial charge in [-0.1, -0.05) is 44.2 Å². The van der Waals surface area contributed by atoms with Crippen molar-refractivity contribution in [3.05, 3.63) is 54.1 Å². The summed E-state index contributed by atoms with van der Waals surface area (Å²) in [6.07, 6.45) is 1.35. The van der Waals surface area contributed by atoms with E-state index in [1.807, 2.05) is 44.2 Å². The van der Waals surface area contributed by atoms with Crippen LogP contribution in [0.3, 0.4) is 0 Å². The fraction of sp³-hybridized carbons (Fsp3) is 0.500. The highest BCUT2D eigenvalue weighted by molar-refractivity contribution is 7.91. The highest BCUT2D eigenvalue weighted by Gasteiger charge is 2.31. The monoisotopic (exact) mass is 519 g/mol. The lowest BCUT2D eigenvalue weighted by molar-refractivity contribution is -0.123. The number of ether oxygens (including phenoxy) is 2. The Kier molecular flexibility index (Phi) is 9.35. The van der Waals surface area contributed by atoms with Gasteiger partial charge in [0.2, 0.25) is 12.7 Å². The molecule has 0 fully saturated rings. The molecule has 2 aromatic rings. The van der Waals surface area contributed by atoms with Gasteiger partial charge in [-0.2, -0.15) is 0 Å². The van der Waals surface area contributed by atoms with Crippen LogP contribution in [0.1, 0.15) is 45.2 Å². The Morgan fingerprint density at radius 1 is 1.14 bits per heavy atom. The van der Waals surface area contributed by atoms with E-state index in [2.05, 4.69) is 10.6 Å². The first-order valence-electron chi connectivity index (χ1n) is 12.1. The molecule has 0 unspecified atom stereocenters. The summed E-state index contributed by atoms with van der Waals surface area (Å²) in [4.78, 5) is 12.2. The smallest absolute Gasteiger partial charge is 0.237 e. The number of aliphatic hydroxyl groups is 1. The highest BCUT2D eigenvalue weighted by Crippen LogP contribution is 2.34. The lowest BCUT2D eigenvalue weighted by atomic mass is 10.00. The van der Waals surface area contributed by atoms with Crippen molar-refractivity contribution in [3.63, 3.8) is 0 Å². The molecule has 36 heavy (non-hydrogen) atoms. The fourth-order valence-corrected chi connectivity index (χ4v) is 5.62. The second-order valence-electron chi connectivity index (χ2n) is 9.82. The molecule has 0 radical (unpaired) electrons. The van der Waals surface area contributed by atoms with Crippen LogP contribution in [0.2, 0.25) is 0 Å². The molecule has 10 heteroatoms. The van der Waals surface area contributed by atoms with E-state index >= 15 is 0 Å². The SMILES string of the molecule is CC(C)[C@H](N)C(=O)NCCC[C@H](NC[C@@](C)(O)CS(=O)(=O)c1ccc2c(c1)OCO2)c1ccccc1. The van der Waals surface area contributed by atoms with Gasteiger partial charge in [0.15, 0.2) is 21.3 Å². The van der Waals surface area contributed by atoms with E-state index in [1.165, 1.54) is 19.1 Å². The number of benzene rings is 2. The molecule has 3 atom stereocenters. The third-order valence-electron chi connectivity index (χ3n) is 6.13. The van der Waals surface area contributed by atoms with E-state index in [9.17, 15) is 18.3 Å². The minimum atomic E-state index is -3.78. The predicted molar refractivity (Wildman–Crippen MR) is 137 cm³/mol. The molecular formula is C26H37N3O6S. The van der Waals surface area contributed by atoms with Crippen molar-refractivity contribution in [2.45, 2.75) is 56.2 Å². The van der Waals surface area contributed by atoms with Crippen LogP contribution in [0, 0.1) is 5.92 Å². The predicted octanol–water partition coefficient (Wildman–Crippen LogP) is 2.15. The van der Waals surface area contributed by atoms with E-state index in [4.69, 9.17) is 15.2 Å². The summed E-state index contributed by atoms with van der Waals surface area (Å²) >= 11 is 0. The maximum absolute atomic E-state index is 13.0.